The molecule has 0 spiro atoms. The van der Waals surface area contributed by atoms with Gasteiger partial charge in [0, 0.05) is 5.57 Å². The quantitative estimate of drug-likeness (QED) is 0.147. The molecule has 0 radical (unpaired) electrons. The third-order valence-electron chi connectivity index (χ3n) is 7.90. The van der Waals surface area contributed by atoms with Crippen molar-refractivity contribution < 1.29 is 9.31 Å². The number of benzene rings is 4. The summed E-state index contributed by atoms with van der Waals surface area (Å²) in [6, 6.07) is 33.8. The minimum absolute atomic E-state index is 0.365. The fraction of sp³-hybridized carbons (Fsp3) is 0.194. The van der Waals surface area contributed by atoms with Gasteiger partial charge in [0.1, 0.15) is 0 Å². The van der Waals surface area contributed by atoms with E-state index >= 15 is 0 Å². The van der Waals surface area contributed by atoms with Gasteiger partial charge in [-0.05, 0) is 90.8 Å². The van der Waals surface area contributed by atoms with Crippen molar-refractivity contribution in [3.05, 3.63) is 138 Å². The summed E-state index contributed by atoms with van der Waals surface area (Å²) < 4.78 is 12.5. The SMILES string of the molecule is C=C=C(/C=C(\C=C(/C)c1ccccc1)c1ccccc1)c1ccc2cc(B3OC(C)(C)C(C)(C)O3)ccc2c1. The summed E-state index contributed by atoms with van der Waals surface area (Å²) in [4.78, 5) is 0. The van der Waals surface area contributed by atoms with Crippen molar-refractivity contribution in [2.45, 2.75) is 45.8 Å². The second-order valence-electron chi connectivity index (χ2n) is 11.2. The molecule has 0 bridgehead atoms. The minimum atomic E-state index is -0.376. The molecule has 0 unspecified atom stereocenters. The molecule has 0 amide bonds. The Morgan fingerprint density at radius 3 is 1.87 bits per heavy atom. The van der Waals surface area contributed by atoms with Crippen LogP contribution in [0.2, 0.25) is 0 Å². The average Bonchev–Trinajstić information content (AvgIpc) is 3.17. The van der Waals surface area contributed by atoms with Crippen molar-refractivity contribution in [1.29, 1.82) is 0 Å². The summed E-state index contributed by atoms with van der Waals surface area (Å²) in [7, 11) is -0.376. The van der Waals surface area contributed by atoms with E-state index in [0.717, 1.165) is 38.5 Å². The molecule has 0 atom stereocenters. The molecule has 0 saturated carbocycles. The Morgan fingerprint density at radius 2 is 1.26 bits per heavy atom. The van der Waals surface area contributed by atoms with E-state index in [1.807, 2.05) is 12.1 Å². The number of hydrogen-bond donors (Lipinski definition) is 0. The minimum Gasteiger partial charge on any atom is -0.399 e. The molecule has 1 fully saturated rings. The number of hydrogen-bond acceptors (Lipinski definition) is 2. The van der Waals surface area contributed by atoms with Crippen molar-refractivity contribution >= 4 is 40.1 Å². The molecule has 0 N–H and O–H groups in total. The Morgan fingerprint density at radius 1 is 0.692 bits per heavy atom. The smallest absolute Gasteiger partial charge is 0.399 e. The summed E-state index contributed by atoms with van der Waals surface area (Å²) in [6.45, 7) is 14.5. The monoisotopic (exact) mass is 510 g/mol. The lowest BCUT2D eigenvalue weighted by Gasteiger charge is -2.32. The molecule has 1 heterocycles. The van der Waals surface area contributed by atoms with Gasteiger partial charge in [0.2, 0.25) is 0 Å². The van der Waals surface area contributed by atoms with Crippen LogP contribution in [0.1, 0.15) is 51.3 Å². The highest BCUT2D eigenvalue weighted by Crippen LogP contribution is 2.37. The zero-order valence-corrected chi connectivity index (χ0v) is 23.5. The van der Waals surface area contributed by atoms with E-state index in [9.17, 15) is 0 Å². The average molecular weight is 510 g/mol. The topological polar surface area (TPSA) is 18.5 Å². The fourth-order valence-electron chi connectivity index (χ4n) is 4.81. The Hall–Kier alpha value is -3.88. The molecular formula is C36H35BO2. The van der Waals surface area contributed by atoms with E-state index in [1.54, 1.807) is 0 Å². The molecule has 2 nitrogen and oxygen atoms in total. The molecule has 0 aromatic heterocycles. The molecular weight excluding hydrogens is 475 g/mol. The maximum Gasteiger partial charge on any atom is 0.494 e. The Balaban J connectivity index is 1.50. The van der Waals surface area contributed by atoms with Crippen LogP contribution in [0.4, 0.5) is 0 Å². The Bertz CT molecular complexity index is 1590. The lowest BCUT2D eigenvalue weighted by Crippen LogP contribution is -2.41. The molecule has 1 aliphatic rings. The first-order valence-electron chi connectivity index (χ1n) is 13.5. The van der Waals surface area contributed by atoms with E-state index < -0.39 is 0 Å². The number of rotatable bonds is 6. The third kappa shape index (κ3) is 5.63. The molecule has 1 aliphatic heterocycles. The Labute approximate surface area is 233 Å². The molecule has 39 heavy (non-hydrogen) atoms. The van der Waals surface area contributed by atoms with Crippen molar-refractivity contribution in [3.8, 4) is 0 Å². The van der Waals surface area contributed by atoms with E-state index in [4.69, 9.17) is 9.31 Å². The van der Waals surface area contributed by atoms with Crippen LogP contribution in [0.25, 0.3) is 27.5 Å². The molecule has 194 valence electrons. The molecule has 1 saturated heterocycles. The molecule has 5 rings (SSSR count). The fourth-order valence-corrected chi connectivity index (χ4v) is 4.81. The normalized spacial score (nSPS) is 16.8. The van der Waals surface area contributed by atoms with Crippen LogP contribution in [0, 0.1) is 0 Å². The largest absolute Gasteiger partial charge is 0.494 e. The van der Waals surface area contributed by atoms with Gasteiger partial charge >= 0.3 is 7.12 Å². The molecule has 0 aliphatic carbocycles. The van der Waals surface area contributed by atoms with Crippen molar-refractivity contribution in [2.75, 3.05) is 0 Å². The lowest BCUT2D eigenvalue weighted by atomic mass is 9.78. The van der Waals surface area contributed by atoms with Gasteiger partial charge in [0.25, 0.3) is 0 Å². The highest BCUT2D eigenvalue weighted by molar-refractivity contribution is 6.62. The maximum absolute atomic E-state index is 6.27. The first-order chi connectivity index (χ1) is 18.7. The van der Waals surface area contributed by atoms with Gasteiger partial charge in [-0.15, -0.1) is 5.73 Å². The van der Waals surface area contributed by atoms with E-state index in [2.05, 4.69) is 144 Å². The van der Waals surface area contributed by atoms with Gasteiger partial charge in [0.15, 0.2) is 0 Å². The number of fused-ring (bicyclic) bond motifs is 1. The van der Waals surface area contributed by atoms with Gasteiger partial charge in [-0.3, -0.25) is 0 Å². The van der Waals surface area contributed by atoms with Crippen LogP contribution in [-0.4, -0.2) is 18.3 Å². The van der Waals surface area contributed by atoms with Gasteiger partial charge in [0.05, 0.1) is 11.2 Å². The van der Waals surface area contributed by atoms with Crippen LogP contribution >= 0.6 is 0 Å². The molecule has 3 heteroatoms. The van der Waals surface area contributed by atoms with Crippen LogP contribution in [0.3, 0.4) is 0 Å². The van der Waals surface area contributed by atoms with Crippen molar-refractivity contribution in [3.63, 3.8) is 0 Å². The second-order valence-corrected chi connectivity index (χ2v) is 11.2. The summed E-state index contributed by atoms with van der Waals surface area (Å²) in [5.41, 5.74) is 10.2. The zero-order chi connectivity index (χ0) is 27.6. The summed E-state index contributed by atoms with van der Waals surface area (Å²) in [5.74, 6) is 0. The predicted molar refractivity (Wildman–Crippen MR) is 167 cm³/mol. The lowest BCUT2D eigenvalue weighted by molar-refractivity contribution is 0.00578. The summed E-state index contributed by atoms with van der Waals surface area (Å²) in [6.07, 6.45) is 4.41. The van der Waals surface area contributed by atoms with E-state index in [0.29, 0.717) is 0 Å². The first kappa shape index (κ1) is 26.7. The summed E-state index contributed by atoms with van der Waals surface area (Å²) in [5, 5.41) is 2.28. The highest BCUT2D eigenvalue weighted by atomic mass is 16.7. The van der Waals surface area contributed by atoms with Gasteiger partial charge in [-0.2, -0.15) is 0 Å². The van der Waals surface area contributed by atoms with Crippen molar-refractivity contribution in [2.24, 2.45) is 0 Å². The van der Waals surface area contributed by atoms with Crippen LogP contribution in [-0.2, 0) is 9.31 Å². The Kier molecular flexibility index (Phi) is 7.34. The van der Waals surface area contributed by atoms with Crippen LogP contribution in [0.5, 0.6) is 0 Å². The standard InChI is InChI=1S/C36H35BO2/c1-7-27(23-33(29-16-12-9-13-17-29)22-26(2)28-14-10-8-11-15-28)30-18-19-32-25-34(21-20-31(32)24-30)37-38-35(3,4)36(5,6)39-37/h8-25H,1H2,2-6H3/b26-22+,33-23+. The van der Waals surface area contributed by atoms with Gasteiger partial charge in [-0.25, -0.2) is 0 Å². The summed E-state index contributed by atoms with van der Waals surface area (Å²) >= 11 is 0. The second kappa shape index (κ2) is 10.7. The van der Waals surface area contributed by atoms with Crippen LogP contribution < -0.4 is 5.46 Å². The third-order valence-corrected chi connectivity index (χ3v) is 7.90. The molecule has 4 aromatic rings. The van der Waals surface area contributed by atoms with Crippen molar-refractivity contribution in [1.82, 2.24) is 0 Å². The first-order valence-corrected chi connectivity index (χ1v) is 13.5. The van der Waals surface area contributed by atoms with Gasteiger partial charge in [-0.1, -0.05) is 104 Å². The van der Waals surface area contributed by atoms with E-state index in [-0.39, 0.29) is 18.3 Å². The van der Waals surface area contributed by atoms with Crippen LogP contribution in [0.15, 0.2) is 122 Å². The predicted octanol–water partition coefficient (Wildman–Crippen LogP) is 8.49. The van der Waals surface area contributed by atoms with E-state index in [1.165, 1.54) is 11.1 Å². The van der Waals surface area contributed by atoms with Gasteiger partial charge < -0.3 is 9.31 Å². The highest BCUT2D eigenvalue weighted by Gasteiger charge is 2.51. The maximum atomic E-state index is 6.27. The molecule has 4 aromatic carbocycles. The zero-order valence-electron chi connectivity index (χ0n) is 23.5. The number of allylic oxidation sites excluding steroid dienone is 5.